The number of halogens is 1. The largest absolute Gasteiger partial charge is 0.368 e. The minimum atomic E-state index is -0.0293. The minimum absolute atomic E-state index is 0.0293. The molecule has 1 saturated heterocycles. The van der Waals surface area contributed by atoms with Crippen molar-refractivity contribution < 1.29 is 0 Å². The molecule has 1 fully saturated rings. The van der Waals surface area contributed by atoms with Crippen molar-refractivity contribution in [2.45, 2.75) is 26.8 Å². The van der Waals surface area contributed by atoms with Crippen molar-refractivity contribution >= 4 is 38.8 Å². The Labute approximate surface area is 167 Å². The van der Waals surface area contributed by atoms with Crippen LogP contribution in [0, 0.1) is 13.8 Å². The van der Waals surface area contributed by atoms with Crippen molar-refractivity contribution in [2.24, 2.45) is 0 Å². The first kappa shape index (κ1) is 18.5. The number of fused-ring (bicyclic) bond motifs is 1. The summed E-state index contributed by atoms with van der Waals surface area (Å²) in [5.74, 6) is 0.750. The van der Waals surface area contributed by atoms with E-state index in [0.717, 1.165) is 63.4 Å². The number of hydrogen-bond acceptors (Lipinski definition) is 5. The van der Waals surface area contributed by atoms with Gasteiger partial charge in [-0.3, -0.25) is 9.69 Å². The molecule has 0 saturated carbocycles. The van der Waals surface area contributed by atoms with Crippen molar-refractivity contribution in [1.29, 1.82) is 0 Å². The molecule has 2 aromatic heterocycles. The quantitative estimate of drug-likeness (QED) is 0.715. The van der Waals surface area contributed by atoms with E-state index in [1.807, 2.05) is 32.0 Å². The van der Waals surface area contributed by atoms with Gasteiger partial charge in [0.2, 0.25) is 0 Å². The molecule has 1 unspecified atom stereocenters. The Morgan fingerprint density at radius 1 is 1.19 bits per heavy atom. The van der Waals surface area contributed by atoms with Crippen LogP contribution in [0.5, 0.6) is 0 Å². The predicted molar refractivity (Wildman–Crippen MR) is 113 cm³/mol. The number of thiophene rings is 1. The number of para-hydroxylation sites is 1. The van der Waals surface area contributed by atoms with Gasteiger partial charge < -0.3 is 9.88 Å². The third kappa shape index (κ3) is 3.37. The van der Waals surface area contributed by atoms with Crippen LogP contribution in [0.4, 0.5) is 5.69 Å². The zero-order chi connectivity index (χ0) is 19.1. The van der Waals surface area contributed by atoms with E-state index in [2.05, 4.69) is 27.8 Å². The Morgan fingerprint density at radius 2 is 1.89 bits per heavy atom. The van der Waals surface area contributed by atoms with E-state index in [4.69, 9.17) is 16.6 Å². The number of aromatic nitrogens is 2. The monoisotopic (exact) mass is 402 g/mol. The van der Waals surface area contributed by atoms with Crippen molar-refractivity contribution in [3.8, 4) is 0 Å². The number of benzene rings is 1. The molecule has 4 rings (SSSR count). The summed E-state index contributed by atoms with van der Waals surface area (Å²) >= 11 is 7.93. The van der Waals surface area contributed by atoms with Gasteiger partial charge in [0.25, 0.3) is 5.56 Å². The van der Waals surface area contributed by atoms with Gasteiger partial charge in [0.05, 0.1) is 22.1 Å². The Bertz CT molecular complexity index is 1040. The van der Waals surface area contributed by atoms with Crippen LogP contribution in [0.2, 0.25) is 5.02 Å². The molecule has 0 amide bonds. The molecule has 1 aliphatic heterocycles. The smallest absolute Gasteiger partial charge is 0.259 e. The Morgan fingerprint density at radius 3 is 2.59 bits per heavy atom. The van der Waals surface area contributed by atoms with E-state index in [1.54, 1.807) is 11.3 Å². The number of rotatable bonds is 3. The fraction of sp³-hybridized carbons (Fsp3) is 0.400. The van der Waals surface area contributed by atoms with Crippen molar-refractivity contribution in [2.75, 3.05) is 31.1 Å². The lowest BCUT2D eigenvalue weighted by Crippen LogP contribution is -2.47. The predicted octanol–water partition coefficient (Wildman–Crippen LogP) is 4.14. The highest BCUT2D eigenvalue weighted by atomic mass is 35.5. The maximum absolute atomic E-state index is 12.6. The van der Waals surface area contributed by atoms with E-state index >= 15 is 0 Å². The maximum atomic E-state index is 12.6. The Balaban J connectivity index is 1.53. The van der Waals surface area contributed by atoms with E-state index < -0.39 is 0 Å². The van der Waals surface area contributed by atoms with E-state index in [0.29, 0.717) is 0 Å². The highest BCUT2D eigenvalue weighted by Gasteiger charge is 2.25. The minimum Gasteiger partial charge on any atom is -0.368 e. The highest BCUT2D eigenvalue weighted by molar-refractivity contribution is 7.18. The number of aryl methyl sites for hydroxylation is 2. The molecule has 0 aliphatic carbocycles. The van der Waals surface area contributed by atoms with Gasteiger partial charge in [-0.2, -0.15) is 0 Å². The summed E-state index contributed by atoms with van der Waals surface area (Å²) in [7, 11) is 0. The van der Waals surface area contributed by atoms with Gasteiger partial charge in [0.1, 0.15) is 10.7 Å². The standard InChI is InChI=1S/C20H23ClN4OS/c1-12-14(3)27-20-17(12)19(26)22-18(23-20)13(2)24-8-10-25(11-9-24)16-7-5-4-6-15(16)21/h4-7,13H,8-11H2,1-3H3,(H,22,23,26). The third-order valence-electron chi connectivity index (χ3n) is 5.51. The van der Waals surface area contributed by atoms with Gasteiger partial charge in [-0.15, -0.1) is 11.3 Å². The molecule has 1 aromatic carbocycles. The van der Waals surface area contributed by atoms with Crippen LogP contribution in [-0.2, 0) is 0 Å². The lowest BCUT2D eigenvalue weighted by Gasteiger charge is -2.39. The average molecular weight is 403 g/mol. The van der Waals surface area contributed by atoms with Crippen LogP contribution in [0.25, 0.3) is 10.2 Å². The van der Waals surface area contributed by atoms with E-state index in [1.165, 1.54) is 0 Å². The molecule has 1 N–H and O–H groups in total. The molecule has 1 aliphatic rings. The molecule has 142 valence electrons. The normalized spacial score (nSPS) is 16.8. The van der Waals surface area contributed by atoms with Crippen LogP contribution in [-0.4, -0.2) is 41.0 Å². The number of piperazine rings is 1. The molecule has 0 radical (unpaired) electrons. The molecule has 0 bridgehead atoms. The number of aromatic amines is 1. The first-order valence-corrected chi connectivity index (χ1v) is 10.4. The molecule has 3 heterocycles. The molecular formula is C20H23ClN4OS. The molecule has 7 heteroatoms. The molecule has 5 nitrogen and oxygen atoms in total. The summed E-state index contributed by atoms with van der Waals surface area (Å²) in [6.45, 7) is 9.74. The SMILES string of the molecule is Cc1sc2nc(C(C)N3CCN(c4ccccc4Cl)CC3)[nH]c(=O)c2c1C. The number of anilines is 1. The Kier molecular flexibility index (Phi) is 4.97. The summed E-state index contributed by atoms with van der Waals surface area (Å²) in [6.07, 6.45) is 0. The van der Waals surface area contributed by atoms with Crippen LogP contribution in [0.3, 0.4) is 0 Å². The summed E-state index contributed by atoms with van der Waals surface area (Å²) in [5, 5.41) is 1.52. The maximum Gasteiger partial charge on any atom is 0.259 e. The molecule has 0 spiro atoms. The van der Waals surface area contributed by atoms with Crippen LogP contribution in [0.15, 0.2) is 29.1 Å². The summed E-state index contributed by atoms with van der Waals surface area (Å²) in [6, 6.07) is 8.04. The fourth-order valence-corrected chi connectivity index (χ4v) is 4.99. The van der Waals surface area contributed by atoms with Gasteiger partial charge in [-0.25, -0.2) is 4.98 Å². The molecule has 27 heavy (non-hydrogen) atoms. The number of nitrogens with one attached hydrogen (secondary N) is 1. The fourth-order valence-electron chi connectivity index (χ4n) is 3.70. The lowest BCUT2D eigenvalue weighted by atomic mass is 10.2. The number of nitrogens with zero attached hydrogens (tertiary/aromatic N) is 3. The molecule has 1 atom stereocenters. The zero-order valence-electron chi connectivity index (χ0n) is 15.8. The first-order valence-electron chi connectivity index (χ1n) is 9.19. The van der Waals surface area contributed by atoms with Crippen LogP contribution in [0.1, 0.15) is 29.2 Å². The van der Waals surface area contributed by atoms with Gasteiger partial charge in [-0.1, -0.05) is 23.7 Å². The summed E-state index contributed by atoms with van der Waals surface area (Å²) < 4.78 is 0. The third-order valence-corrected chi connectivity index (χ3v) is 6.93. The zero-order valence-corrected chi connectivity index (χ0v) is 17.3. The van der Waals surface area contributed by atoms with Gasteiger partial charge >= 0.3 is 0 Å². The van der Waals surface area contributed by atoms with Crippen molar-refractivity contribution in [1.82, 2.24) is 14.9 Å². The van der Waals surface area contributed by atoms with E-state index in [-0.39, 0.29) is 11.6 Å². The van der Waals surface area contributed by atoms with Crippen molar-refractivity contribution in [3.63, 3.8) is 0 Å². The topological polar surface area (TPSA) is 52.2 Å². The Hall–Kier alpha value is -1.89. The second-order valence-corrected chi connectivity index (χ2v) is 8.68. The van der Waals surface area contributed by atoms with Gasteiger partial charge in [0, 0.05) is 31.1 Å². The summed E-state index contributed by atoms with van der Waals surface area (Å²) in [5.41, 5.74) is 2.10. The highest BCUT2D eigenvalue weighted by Crippen LogP contribution is 2.29. The van der Waals surface area contributed by atoms with E-state index in [9.17, 15) is 4.79 Å². The van der Waals surface area contributed by atoms with Crippen LogP contribution >= 0.6 is 22.9 Å². The van der Waals surface area contributed by atoms with Gasteiger partial charge in [0.15, 0.2) is 0 Å². The molecule has 3 aromatic rings. The number of H-pyrrole nitrogens is 1. The average Bonchev–Trinajstić information content (AvgIpc) is 2.96. The first-order chi connectivity index (χ1) is 13.0. The van der Waals surface area contributed by atoms with Gasteiger partial charge in [-0.05, 0) is 38.5 Å². The molecular weight excluding hydrogens is 380 g/mol. The lowest BCUT2D eigenvalue weighted by molar-refractivity contribution is 0.192. The summed E-state index contributed by atoms with van der Waals surface area (Å²) in [4.78, 5) is 27.0. The van der Waals surface area contributed by atoms with Crippen molar-refractivity contribution in [3.05, 3.63) is 55.9 Å². The second-order valence-electron chi connectivity index (χ2n) is 7.06. The second kappa shape index (κ2) is 7.26. The van der Waals surface area contributed by atoms with Crippen LogP contribution < -0.4 is 10.5 Å². The number of hydrogen-bond donors (Lipinski definition) is 1.